The maximum atomic E-state index is 6.16. The van der Waals surface area contributed by atoms with Crippen LogP contribution in [0.2, 0.25) is 5.15 Å². The predicted molar refractivity (Wildman–Crippen MR) is 74.8 cm³/mol. The van der Waals surface area contributed by atoms with Crippen LogP contribution in [0, 0.1) is 15.4 Å². The number of hydrogen-bond acceptors (Lipinski definition) is 2. The lowest BCUT2D eigenvalue weighted by Gasteiger charge is -2.09. The van der Waals surface area contributed by atoms with Crippen LogP contribution in [0.25, 0.3) is 0 Å². The van der Waals surface area contributed by atoms with E-state index < -0.39 is 0 Å². The molecule has 0 spiro atoms. The van der Waals surface area contributed by atoms with E-state index >= 15 is 0 Å². The van der Waals surface area contributed by atoms with E-state index in [9.17, 15) is 0 Å². The van der Waals surface area contributed by atoms with Gasteiger partial charge in [0.05, 0.1) is 9.26 Å². The summed E-state index contributed by atoms with van der Waals surface area (Å²) in [5.41, 5.74) is 1.12. The number of nitrogens with zero attached hydrogens (tertiary/aromatic N) is 2. The molecule has 1 aromatic rings. The summed E-state index contributed by atoms with van der Waals surface area (Å²) in [7, 11) is 0. The maximum absolute atomic E-state index is 6.16. The lowest BCUT2D eigenvalue weighted by atomic mass is 10.1. The van der Waals surface area contributed by atoms with Gasteiger partial charge in [-0.15, -0.1) is 0 Å². The molecule has 1 aliphatic rings. The van der Waals surface area contributed by atoms with Gasteiger partial charge in [-0.2, -0.15) is 0 Å². The van der Waals surface area contributed by atoms with E-state index in [0.29, 0.717) is 17.0 Å². The molecular formula is C12H16ClIN2. The molecule has 0 bridgehead atoms. The summed E-state index contributed by atoms with van der Waals surface area (Å²) < 4.78 is 1.02. The monoisotopic (exact) mass is 350 g/mol. The molecule has 1 saturated carbocycles. The van der Waals surface area contributed by atoms with Crippen molar-refractivity contribution in [3.63, 3.8) is 0 Å². The smallest absolute Gasteiger partial charge is 0.146 e. The van der Waals surface area contributed by atoms with Gasteiger partial charge in [-0.3, -0.25) is 0 Å². The molecule has 0 aromatic carbocycles. The Bertz CT molecular complexity index is 406. The fourth-order valence-electron chi connectivity index (χ4n) is 1.85. The van der Waals surface area contributed by atoms with Crippen LogP contribution < -0.4 is 0 Å². The largest absolute Gasteiger partial charge is 0.236 e. The summed E-state index contributed by atoms with van der Waals surface area (Å²) in [6.45, 7) is 6.64. The van der Waals surface area contributed by atoms with Crippen LogP contribution in [0.5, 0.6) is 0 Å². The minimum atomic E-state index is 0.542. The average molecular weight is 351 g/mol. The highest BCUT2D eigenvalue weighted by atomic mass is 127. The van der Waals surface area contributed by atoms with Crippen molar-refractivity contribution in [2.75, 3.05) is 0 Å². The van der Waals surface area contributed by atoms with Gasteiger partial charge >= 0.3 is 0 Å². The Morgan fingerprint density at radius 2 is 2.06 bits per heavy atom. The van der Waals surface area contributed by atoms with Gasteiger partial charge in [0.1, 0.15) is 11.0 Å². The van der Waals surface area contributed by atoms with Crippen molar-refractivity contribution < 1.29 is 0 Å². The van der Waals surface area contributed by atoms with Crippen molar-refractivity contribution in [3.05, 3.63) is 20.2 Å². The third kappa shape index (κ3) is 2.67. The zero-order valence-electron chi connectivity index (χ0n) is 9.80. The van der Waals surface area contributed by atoms with Gasteiger partial charge in [-0.1, -0.05) is 32.4 Å². The molecule has 88 valence electrons. The van der Waals surface area contributed by atoms with Crippen LogP contribution in [-0.4, -0.2) is 9.97 Å². The summed E-state index contributed by atoms with van der Waals surface area (Å²) in [4.78, 5) is 9.08. The van der Waals surface area contributed by atoms with Gasteiger partial charge in [0, 0.05) is 5.92 Å². The zero-order chi connectivity index (χ0) is 11.9. The van der Waals surface area contributed by atoms with E-state index in [4.69, 9.17) is 11.6 Å². The first kappa shape index (κ1) is 12.6. The third-order valence-electron chi connectivity index (χ3n) is 2.94. The molecule has 2 unspecified atom stereocenters. The molecule has 1 fully saturated rings. The minimum Gasteiger partial charge on any atom is -0.236 e. The molecular weight excluding hydrogens is 335 g/mol. The van der Waals surface area contributed by atoms with Crippen molar-refractivity contribution >= 4 is 34.2 Å². The molecule has 2 atom stereocenters. The van der Waals surface area contributed by atoms with E-state index in [0.717, 1.165) is 27.4 Å². The minimum absolute atomic E-state index is 0.542. The summed E-state index contributed by atoms with van der Waals surface area (Å²) in [5.74, 6) is 2.82. The van der Waals surface area contributed by atoms with Crippen LogP contribution in [0.1, 0.15) is 44.6 Å². The molecule has 2 rings (SSSR count). The van der Waals surface area contributed by atoms with E-state index in [1.165, 1.54) is 6.42 Å². The number of aromatic nitrogens is 2. The topological polar surface area (TPSA) is 25.8 Å². The quantitative estimate of drug-likeness (QED) is 0.607. The van der Waals surface area contributed by atoms with Gasteiger partial charge in [-0.25, -0.2) is 9.97 Å². The molecule has 0 saturated heterocycles. The molecule has 0 radical (unpaired) electrons. The first-order valence-corrected chi connectivity index (χ1v) is 7.16. The molecule has 0 N–H and O–H groups in total. The highest BCUT2D eigenvalue weighted by molar-refractivity contribution is 14.1. The van der Waals surface area contributed by atoms with Crippen molar-refractivity contribution in [2.24, 2.45) is 11.8 Å². The molecule has 2 nitrogen and oxygen atoms in total. The Hall–Kier alpha value is 0.100. The van der Waals surface area contributed by atoms with Gasteiger partial charge in [-0.05, 0) is 47.3 Å². The Kier molecular flexibility index (Phi) is 3.74. The molecule has 1 aliphatic carbocycles. The third-order valence-corrected chi connectivity index (χ3v) is 4.67. The summed E-state index contributed by atoms with van der Waals surface area (Å²) in [6.07, 6.45) is 2.19. The van der Waals surface area contributed by atoms with Crippen LogP contribution in [0.15, 0.2) is 0 Å². The second kappa shape index (κ2) is 4.77. The fourth-order valence-corrected chi connectivity index (χ4v) is 2.51. The number of hydrogen-bond donors (Lipinski definition) is 0. The fraction of sp³-hybridized carbons (Fsp3) is 0.667. The maximum Gasteiger partial charge on any atom is 0.146 e. The van der Waals surface area contributed by atoms with Gasteiger partial charge in [0.25, 0.3) is 0 Å². The second-order valence-electron chi connectivity index (χ2n) is 5.05. The van der Waals surface area contributed by atoms with Crippen molar-refractivity contribution in [1.82, 2.24) is 9.97 Å². The predicted octanol–water partition coefficient (Wildman–Crippen LogP) is 4.06. The number of halogens is 2. The van der Waals surface area contributed by atoms with Crippen LogP contribution >= 0.6 is 34.2 Å². The highest BCUT2D eigenvalue weighted by Gasteiger charge is 2.37. The summed E-state index contributed by atoms with van der Waals surface area (Å²) in [6, 6.07) is 0. The Labute approximate surface area is 115 Å². The van der Waals surface area contributed by atoms with Gasteiger partial charge in [0.15, 0.2) is 0 Å². The Morgan fingerprint density at radius 1 is 1.44 bits per heavy atom. The van der Waals surface area contributed by atoms with Crippen molar-refractivity contribution in [2.45, 2.75) is 39.5 Å². The normalized spacial score (nSPS) is 23.9. The first-order valence-electron chi connectivity index (χ1n) is 5.70. The van der Waals surface area contributed by atoms with E-state index in [-0.39, 0.29) is 0 Å². The number of rotatable bonds is 3. The molecule has 4 heteroatoms. The molecule has 0 amide bonds. The highest BCUT2D eigenvalue weighted by Crippen LogP contribution is 2.45. The first-order chi connectivity index (χ1) is 7.49. The van der Waals surface area contributed by atoms with Crippen LogP contribution in [0.4, 0.5) is 0 Å². The molecule has 1 heterocycles. The van der Waals surface area contributed by atoms with Crippen LogP contribution in [0.3, 0.4) is 0 Å². The summed E-state index contributed by atoms with van der Waals surface area (Å²) >= 11 is 8.41. The second-order valence-corrected chi connectivity index (χ2v) is 6.49. The lowest BCUT2D eigenvalue weighted by molar-refractivity contribution is 0.626. The zero-order valence-corrected chi connectivity index (χ0v) is 12.7. The molecule has 16 heavy (non-hydrogen) atoms. The van der Waals surface area contributed by atoms with Crippen LogP contribution in [-0.2, 0) is 6.42 Å². The van der Waals surface area contributed by atoms with E-state index in [1.807, 2.05) is 0 Å². The molecule has 0 aliphatic heterocycles. The van der Waals surface area contributed by atoms with E-state index in [1.54, 1.807) is 0 Å². The lowest BCUT2D eigenvalue weighted by Crippen LogP contribution is -2.06. The van der Waals surface area contributed by atoms with Crippen molar-refractivity contribution in [1.29, 1.82) is 0 Å². The van der Waals surface area contributed by atoms with Crippen molar-refractivity contribution in [3.8, 4) is 0 Å². The standard InChI is InChI=1S/C12H16ClIN2/c1-6(2)4-9-10(14)11(13)16-12(15-9)8-5-7(8)3/h6-8H,4-5H2,1-3H3. The molecule has 1 aromatic heterocycles. The SMILES string of the molecule is CC(C)Cc1nc(C2CC2C)nc(Cl)c1I. The Morgan fingerprint density at radius 3 is 2.56 bits per heavy atom. The van der Waals surface area contributed by atoms with Gasteiger partial charge < -0.3 is 0 Å². The summed E-state index contributed by atoms with van der Waals surface area (Å²) in [5, 5.41) is 0.625. The average Bonchev–Trinajstić information content (AvgIpc) is 2.89. The van der Waals surface area contributed by atoms with E-state index in [2.05, 4.69) is 53.3 Å². The Balaban J connectivity index is 2.31. The van der Waals surface area contributed by atoms with Gasteiger partial charge in [0.2, 0.25) is 0 Å².